The average Bonchev–Trinajstić information content (AvgIpc) is 2.84. The molecule has 1 amide bonds. The molecule has 1 saturated heterocycles. The van der Waals surface area contributed by atoms with E-state index < -0.39 is 24.3 Å². The molecule has 0 aromatic heterocycles. The molecule has 2 aromatic carbocycles. The number of hydrogen-bond donors (Lipinski definition) is 1. The number of carbonyl (C=O) groups excluding carboxylic acids is 2. The van der Waals surface area contributed by atoms with Gasteiger partial charge in [0, 0.05) is 18.1 Å². The number of hydrogen-bond acceptors (Lipinski definition) is 4. The highest BCUT2D eigenvalue weighted by atomic mass is 16.4. The van der Waals surface area contributed by atoms with E-state index >= 15 is 0 Å². The van der Waals surface area contributed by atoms with Gasteiger partial charge in [0.05, 0.1) is 5.69 Å². The Morgan fingerprint density at radius 2 is 1.70 bits per heavy atom. The number of benzene rings is 2. The zero-order valence-corrected chi connectivity index (χ0v) is 12.2. The van der Waals surface area contributed by atoms with E-state index in [4.69, 9.17) is 0 Å². The number of carbonyl (C=O) groups is 2. The van der Waals surface area contributed by atoms with Crippen LogP contribution in [0.4, 0.5) is 11.4 Å². The van der Waals surface area contributed by atoms with Crippen LogP contribution in [0.15, 0.2) is 65.7 Å². The first-order valence-corrected chi connectivity index (χ1v) is 7.14. The number of carboxylic acids is 1. The summed E-state index contributed by atoms with van der Waals surface area (Å²) in [5.74, 6) is -1.39. The lowest BCUT2D eigenvalue weighted by Gasteiger charge is -2.24. The number of guanidine groups is 1. The maximum atomic E-state index is 12.2. The quantitative estimate of drug-likeness (QED) is 0.906. The van der Waals surface area contributed by atoms with Gasteiger partial charge in [0.1, 0.15) is 6.04 Å². The van der Waals surface area contributed by atoms with E-state index in [9.17, 15) is 14.7 Å². The Hall–Kier alpha value is -3.15. The van der Waals surface area contributed by atoms with E-state index in [1.54, 1.807) is 29.2 Å². The molecule has 6 heteroatoms. The van der Waals surface area contributed by atoms with Gasteiger partial charge in [-0.1, -0.05) is 36.4 Å². The second-order valence-electron chi connectivity index (χ2n) is 5.06. The Labute approximate surface area is 133 Å². The lowest BCUT2D eigenvalue weighted by atomic mass is 10.1. The van der Waals surface area contributed by atoms with Crippen molar-refractivity contribution in [2.75, 3.05) is 4.90 Å². The summed E-state index contributed by atoms with van der Waals surface area (Å²) in [6.45, 7) is 0. The maximum Gasteiger partial charge on any atom is 0.250 e. The van der Waals surface area contributed by atoms with Crippen LogP contribution in [0.3, 0.4) is 0 Å². The van der Waals surface area contributed by atoms with Crippen LogP contribution >= 0.6 is 0 Å². The molecular weight excluding hydrogens is 294 g/mol. The molecule has 1 aliphatic heterocycles. The zero-order valence-electron chi connectivity index (χ0n) is 12.2. The molecule has 0 radical (unpaired) electrons. The summed E-state index contributed by atoms with van der Waals surface area (Å²) in [6, 6.07) is 17.3. The first-order chi connectivity index (χ1) is 11.1. The molecule has 1 N–H and O–H groups in total. The van der Waals surface area contributed by atoms with Crippen LogP contribution in [0.5, 0.6) is 0 Å². The van der Waals surface area contributed by atoms with Crippen LogP contribution in [0.2, 0.25) is 0 Å². The fourth-order valence-corrected chi connectivity index (χ4v) is 2.46. The molecule has 1 fully saturated rings. The third-order valence-electron chi connectivity index (χ3n) is 3.46. The smallest absolute Gasteiger partial charge is 0.250 e. The normalized spacial score (nSPS) is 19.0. The van der Waals surface area contributed by atoms with Crippen molar-refractivity contribution in [3.63, 3.8) is 0 Å². The highest BCUT2D eigenvalue weighted by molar-refractivity contribution is 6.17. The van der Waals surface area contributed by atoms with Crippen molar-refractivity contribution in [2.24, 2.45) is 4.99 Å². The molecule has 1 atom stereocenters. The fourth-order valence-electron chi connectivity index (χ4n) is 2.46. The van der Waals surface area contributed by atoms with Crippen LogP contribution in [0.1, 0.15) is 6.42 Å². The minimum absolute atomic E-state index is 0.304. The number of nitrogens with zero attached hydrogens (tertiary/aromatic N) is 2. The first kappa shape index (κ1) is 14.8. The Kier molecular flexibility index (Phi) is 4.05. The number of aliphatic carboxylic acids is 1. The van der Waals surface area contributed by atoms with E-state index in [-0.39, 0.29) is 0 Å². The van der Waals surface area contributed by atoms with Crippen LogP contribution in [-0.4, -0.2) is 23.9 Å². The molecule has 1 heterocycles. The largest absolute Gasteiger partial charge is 0.550 e. The van der Waals surface area contributed by atoms with Crippen molar-refractivity contribution in [1.29, 1.82) is 0 Å². The number of anilines is 1. The van der Waals surface area contributed by atoms with Crippen LogP contribution in [0, 0.1) is 0 Å². The third kappa shape index (κ3) is 3.21. The predicted molar refractivity (Wildman–Crippen MR) is 84.0 cm³/mol. The molecule has 0 spiro atoms. The molecule has 2 aromatic rings. The van der Waals surface area contributed by atoms with Gasteiger partial charge in [0.15, 0.2) is 0 Å². The summed E-state index contributed by atoms with van der Waals surface area (Å²) in [7, 11) is 0. The number of nitrogens with one attached hydrogen (secondary N) is 1. The molecule has 1 aliphatic rings. The Bertz CT molecular complexity index is 744. The molecule has 3 rings (SSSR count). The highest BCUT2D eigenvalue weighted by Crippen LogP contribution is 2.24. The second kappa shape index (κ2) is 6.31. The minimum Gasteiger partial charge on any atom is -0.550 e. The van der Waals surface area contributed by atoms with Gasteiger partial charge < -0.3 is 9.90 Å². The SMILES string of the molecule is O=C([O-])C[C@H]1C(=O)NC(=Nc2ccccc2)N1c1ccccc1. The van der Waals surface area contributed by atoms with Crippen LogP contribution in [0.25, 0.3) is 0 Å². The fraction of sp³-hybridized carbons (Fsp3) is 0.118. The van der Waals surface area contributed by atoms with E-state index in [1.165, 1.54) is 0 Å². The van der Waals surface area contributed by atoms with Crippen LogP contribution in [-0.2, 0) is 9.59 Å². The van der Waals surface area contributed by atoms with Crippen LogP contribution < -0.4 is 15.3 Å². The van der Waals surface area contributed by atoms with Crippen molar-refractivity contribution >= 4 is 29.2 Å². The lowest BCUT2D eigenvalue weighted by Crippen LogP contribution is -2.40. The number of para-hydroxylation sites is 2. The van der Waals surface area contributed by atoms with Gasteiger partial charge >= 0.3 is 0 Å². The first-order valence-electron chi connectivity index (χ1n) is 7.14. The Morgan fingerprint density at radius 1 is 1.09 bits per heavy atom. The van der Waals surface area contributed by atoms with Crippen molar-refractivity contribution in [1.82, 2.24) is 5.32 Å². The summed E-state index contributed by atoms with van der Waals surface area (Å²) in [5.41, 5.74) is 1.35. The second-order valence-corrected chi connectivity index (χ2v) is 5.06. The van der Waals surface area contributed by atoms with Crippen molar-refractivity contribution in [2.45, 2.75) is 12.5 Å². The van der Waals surface area contributed by atoms with Gasteiger partial charge in [-0.05, 0) is 24.3 Å². The van der Waals surface area contributed by atoms with Crippen molar-refractivity contribution in [3.8, 4) is 0 Å². The molecule has 0 unspecified atom stereocenters. The maximum absolute atomic E-state index is 12.2. The number of rotatable bonds is 4. The topological polar surface area (TPSA) is 84.8 Å². The molecule has 0 bridgehead atoms. The summed E-state index contributed by atoms with van der Waals surface area (Å²) in [6.07, 6.45) is -0.408. The molecular formula is C17H14N3O3-. The van der Waals surface area contributed by atoms with Crippen molar-refractivity contribution in [3.05, 3.63) is 60.7 Å². The standard InChI is InChI=1S/C17H15N3O3/c21-15(22)11-14-16(23)19-17(18-12-7-3-1-4-8-12)20(14)13-9-5-2-6-10-13/h1-10,14H,11H2,(H,21,22)(H,18,19,23)/p-1/t14-/m0/s1. The van der Waals surface area contributed by atoms with Gasteiger partial charge in [-0.3, -0.25) is 15.0 Å². The van der Waals surface area contributed by atoms with Gasteiger partial charge in [0.25, 0.3) is 0 Å². The molecule has 116 valence electrons. The number of amides is 1. The monoisotopic (exact) mass is 308 g/mol. The summed E-state index contributed by atoms with van der Waals surface area (Å²) in [4.78, 5) is 29.2. The molecule has 23 heavy (non-hydrogen) atoms. The molecule has 6 nitrogen and oxygen atoms in total. The number of carboxylic acid groups (broad SMARTS) is 1. The van der Waals surface area contributed by atoms with E-state index in [0.717, 1.165) is 0 Å². The highest BCUT2D eigenvalue weighted by Gasteiger charge is 2.37. The average molecular weight is 308 g/mol. The third-order valence-corrected chi connectivity index (χ3v) is 3.46. The predicted octanol–water partition coefficient (Wildman–Crippen LogP) is 0.819. The minimum atomic E-state index is -1.29. The van der Waals surface area contributed by atoms with Gasteiger partial charge in [-0.25, -0.2) is 4.99 Å². The van der Waals surface area contributed by atoms with E-state index in [1.807, 2.05) is 36.4 Å². The van der Waals surface area contributed by atoms with Crippen molar-refractivity contribution < 1.29 is 14.7 Å². The molecule has 0 saturated carbocycles. The van der Waals surface area contributed by atoms with Gasteiger partial charge in [-0.2, -0.15) is 0 Å². The lowest BCUT2D eigenvalue weighted by molar-refractivity contribution is -0.305. The summed E-state index contributed by atoms with van der Waals surface area (Å²) < 4.78 is 0. The van der Waals surface area contributed by atoms with E-state index in [2.05, 4.69) is 10.3 Å². The van der Waals surface area contributed by atoms with Gasteiger partial charge in [0.2, 0.25) is 11.9 Å². The molecule has 0 aliphatic carbocycles. The summed E-state index contributed by atoms with van der Waals surface area (Å²) in [5, 5.41) is 13.6. The van der Waals surface area contributed by atoms with Gasteiger partial charge in [-0.15, -0.1) is 0 Å². The Morgan fingerprint density at radius 3 is 2.30 bits per heavy atom. The zero-order chi connectivity index (χ0) is 16.2. The summed E-state index contributed by atoms with van der Waals surface area (Å²) >= 11 is 0. The Balaban J connectivity index is 2.02. The number of aliphatic imine (C=N–C) groups is 1. The van der Waals surface area contributed by atoms with E-state index in [0.29, 0.717) is 17.3 Å².